The Morgan fingerprint density at radius 3 is 1.58 bits per heavy atom. The number of benzene rings is 2. The van der Waals surface area contributed by atoms with Crippen molar-refractivity contribution in [2.75, 3.05) is 32.9 Å². The van der Waals surface area contributed by atoms with Crippen LogP contribution in [0, 0.1) is 0 Å². The molecule has 2 amide bonds. The second kappa shape index (κ2) is 19.2. The first-order valence-corrected chi connectivity index (χ1v) is 21.9. The van der Waals surface area contributed by atoms with E-state index in [9.17, 15) is 24.3 Å². The lowest BCUT2D eigenvalue weighted by Gasteiger charge is -2.45. The molecule has 322 valence electrons. The Labute approximate surface area is 367 Å². The molecule has 0 radical (unpaired) electrons. The van der Waals surface area contributed by atoms with Crippen LogP contribution >= 0.6 is 31.9 Å². The number of hydrogen-bond donors (Lipinski definition) is 1. The normalized spacial score (nSPS) is 21.4. The van der Waals surface area contributed by atoms with E-state index in [2.05, 4.69) is 31.9 Å². The number of amides is 2. The monoisotopic (exact) mass is 952 g/mol. The zero-order valence-electron chi connectivity index (χ0n) is 35.0. The number of hydrogen-bond acceptors (Lipinski definition) is 9. The van der Waals surface area contributed by atoms with Gasteiger partial charge in [-0.2, -0.15) is 0 Å². The minimum Gasteiger partial charge on any atom is -0.483 e. The van der Waals surface area contributed by atoms with Crippen LogP contribution in [0.2, 0.25) is 0 Å². The molecular formula is C45H54Br2N4O9. The first-order chi connectivity index (χ1) is 28.6. The Hall–Kier alpha value is -4.28. The molecule has 7 rings (SSSR count). The van der Waals surface area contributed by atoms with Gasteiger partial charge in [0, 0.05) is 44.2 Å². The molecule has 2 aromatic carbocycles. The first-order valence-electron chi connectivity index (χ1n) is 20.3. The third kappa shape index (κ3) is 9.60. The largest absolute Gasteiger partial charge is 0.483 e. The van der Waals surface area contributed by atoms with Gasteiger partial charge in [-0.1, -0.05) is 60.7 Å². The molecule has 4 aromatic rings. The summed E-state index contributed by atoms with van der Waals surface area (Å²) in [7, 11) is 0. The van der Waals surface area contributed by atoms with Gasteiger partial charge in [0.1, 0.15) is 13.2 Å². The second-order valence-electron chi connectivity index (χ2n) is 16.6. The van der Waals surface area contributed by atoms with E-state index >= 15 is 0 Å². The average molecular weight is 955 g/mol. The van der Waals surface area contributed by atoms with Crippen molar-refractivity contribution >= 4 is 43.7 Å². The molecule has 13 nitrogen and oxygen atoms in total. The summed E-state index contributed by atoms with van der Waals surface area (Å²) in [4.78, 5) is 56.0. The van der Waals surface area contributed by atoms with E-state index in [1.807, 2.05) is 107 Å². The lowest BCUT2D eigenvalue weighted by Crippen LogP contribution is -2.57. The SMILES string of the molecule is CC(C)N1CC(C)(CO)n2cc(Br)c(=O)c(OCc3ccccc3)c2C1=O.CC(C)N1CC(C)(COC2CCCCO2)n2cc(Br)c(=O)c(OCc3ccccc3)c2C1=O. The van der Waals surface area contributed by atoms with Crippen LogP contribution in [0.4, 0.5) is 0 Å². The maximum absolute atomic E-state index is 13.6. The van der Waals surface area contributed by atoms with Gasteiger partial charge in [0.25, 0.3) is 11.8 Å². The Kier molecular flexibility index (Phi) is 14.5. The molecule has 1 fully saturated rings. The molecule has 60 heavy (non-hydrogen) atoms. The number of halogens is 2. The smallest absolute Gasteiger partial charge is 0.274 e. The van der Waals surface area contributed by atoms with Gasteiger partial charge in [-0.05, 0) is 104 Å². The number of fused-ring (bicyclic) bond motifs is 2. The molecule has 1 N–H and O–H groups in total. The second-order valence-corrected chi connectivity index (χ2v) is 18.3. The Morgan fingerprint density at radius 2 is 1.17 bits per heavy atom. The highest BCUT2D eigenvalue weighted by Crippen LogP contribution is 2.35. The molecule has 0 aliphatic carbocycles. The zero-order valence-corrected chi connectivity index (χ0v) is 38.2. The molecule has 5 heterocycles. The maximum Gasteiger partial charge on any atom is 0.274 e. The average Bonchev–Trinajstić information content (AvgIpc) is 3.24. The fourth-order valence-electron chi connectivity index (χ4n) is 7.60. The zero-order chi connectivity index (χ0) is 43.4. The third-order valence-corrected chi connectivity index (χ3v) is 12.2. The van der Waals surface area contributed by atoms with Crippen LogP contribution in [0.1, 0.15) is 92.9 Å². The minimum atomic E-state index is -0.755. The van der Waals surface area contributed by atoms with Crippen LogP contribution in [-0.2, 0) is 33.8 Å². The van der Waals surface area contributed by atoms with Gasteiger partial charge in [0.2, 0.25) is 10.9 Å². The molecule has 3 atom stereocenters. The summed E-state index contributed by atoms with van der Waals surface area (Å²) in [5.41, 5.74) is 0.172. The Bertz CT molecular complexity index is 2280. The first kappa shape index (κ1) is 45.3. The van der Waals surface area contributed by atoms with Crippen molar-refractivity contribution in [2.24, 2.45) is 0 Å². The maximum atomic E-state index is 13.6. The molecule has 0 spiro atoms. The van der Waals surface area contributed by atoms with Crippen molar-refractivity contribution in [1.82, 2.24) is 18.9 Å². The Balaban J connectivity index is 0.000000205. The number of aliphatic hydroxyl groups excluding tert-OH is 1. The number of pyridine rings is 2. The summed E-state index contributed by atoms with van der Waals surface area (Å²) in [6.45, 7) is 13.7. The molecule has 15 heteroatoms. The molecule has 0 bridgehead atoms. The van der Waals surface area contributed by atoms with E-state index in [4.69, 9.17) is 18.9 Å². The van der Waals surface area contributed by atoms with E-state index in [0.717, 1.165) is 30.4 Å². The summed E-state index contributed by atoms with van der Waals surface area (Å²) in [6.07, 6.45) is 5.98. The summed E-state index contributed by atoms with van der Waals surface area (Å²) < 4.78 is 27.9. The number of ether oxygens (including phenoxy) is 4. The van der Waals surface area contributed by atoms with E-state index < -0.39 is 11.1 Å². The van der Waals surface area contributed by atoms with Crippen molar-refractivity contribution in [3.63, 3.8) is 0 Å². The van der Waals surface area contributed by atoms with E-state index in [-0.39, 0.29) is 83.8 Å². The molecule has 3 aliphatic heterocycles. The minimum absolute atomic E-state index is 0.00301. The van der Waals surface area contributed by atoms with Crippen LogP contribution in [0.5, 0.6) is 11.5 Å². The highest BCUT2D eigenvalue weighted by atomic mass is 79.9. The molecule has 3 unspecified atom stereocenters. The van der Waals surface area contributed by atoms with Gasteiger partial charge in [0.05, 0.1) is 33.2 Å². The summed E-state index contributed by atoms with van der Waals surface area (Å²) in [5.74, 6) is -0.431. The van der Waals surface area contributed by atoms with Crippen molar-refractivity contribution < 1.29 is 33.6 Å². The number of carbonyl (C=O) groups is 2. The molecule has 0 saturated carbocycles. The summed E-state index contributed by atoms with van der Waals surface area (Å²) in [6, 6.07) is 18.9. The number of aromatic nitrogens is 2. The molecule has 2 aromatic heterocycles. The van der Waals surface area contributed by atoms with Gasteiger partial charge in [-0.25, -0.2) is 0 Å². The van der Waals surface area contributed by atoms with Gasteiger partial charge in [-0.15, -0.1) is 0 Å². The fourth-order valence-corrected chi connectivity index (χ4v) is 8.37. The van der Waals surface area contributed by atoms with E-state index in [1.54, 1.807) is 26.8 Å². The number of aliphatic hydroxyl groups is 1. The van der Waals surface area contributed by atoms with Crippen LogP contribution in [0.3, 0.4) is 0 Å². The van der Waals surface area contributed by atoms with Crippen molar-refractivity contribution in [1.29, 1.82) is 0 Å². The van der Waals surface area contributed by atoms with Crippen molar-refractivity contribution in [3.8, 4) is 11.5 Å². The summed E-state index contributed by atoms with van der Waals surface area (Å²) in [5, 5.41) is 10.0. The highest BCUT2D eigenvalue weighted by molar-refractivity contribution is 9.10. The predicted octanol–water partition coefficient (Wildman–Crippen LogP) is 7.07. The number of nitrogens with zero attached hydrogens (tertiary/aromatic N) is 4. The van der Waals surface area contributed by atoms with Gasteiger partial charge in [0.15, 0.2) is 29.2 Å². The topological polar surface area (TPSA) is 142 Å². The predicted molar refractivity (Wildman–Crippen MR) is 235 cm³/mol. The highest BCUT2D eigenvalue weighted by Gasteiger charge is 2.44. The van der Waals surface area contributed by atoms with Gasteiger partial charge in [-0.3, -0.25) is 19.2 Å². The van der Waals surface area contributed by atoms with Crippen molar-refractivity contribution in [2.45, 2.75) is 103 Å². The number of carbonyl (C=O) groups excluding carboxylic acids is 2. The van der Waals surface area contributed by atoms with Crippen molar-refractivity contribution in [3.05, 3.63) is 125 Å². The lowest BCUT2D eigenvalue weighted by molar-refractivity contribution is -0.177. The molecule has 3 aliphatic rings. The lowest BCUT2D eigenvalue weighted by atomic mass is 9.96. The van der Waals surface area contributed by atoms with Gasteiger partial charge >= 0.3 is 0 Å². The van der Waals surface area contributed by atoms with Crippen LogP contribution in [0.25, 0.3) is 0 Å². The standard InChI is InChI=1S/C25H31BrN2O5.C20H23BrN2O4/c1-17(2)27-15-25(3,16-33-20-11-7-8-12-31-20)28-13-19(26)22(29)23(21(28)24(27)30)32-14-18-9-5-4-6-10-18;1-13(2)22-11-20(3,12-24)23-9-15(21)17(25)18(16(23)19(22)26)27-10-14-7-5-4-6-8-14/h4-6,9-10,13,17,20H,7-8,11-12,14-16H2,1-3H3;4-9,13,24H,10-12H2,1-3H3. The van der Waals surface area contributed by atoms with Crippen LogP contribution in [-0.4, -0.2) is 87.1 Å². The van der Waals surface area contributed by atoms with E-state index in [1.165, 1.54) is 0 Å². The Morgan fingerprint density at radius 1 is 0.717 bits per heavy atom. The molecular weight excluding hydrogens is 900 g/mol. The fraction of sp³-hybridized carbons (Fsp3) is 0.467. The van der Waals surface area contributed by atoms with Crippen LogP contribution < -0.4 is 20.3 Å². The van der Waals surface area contributed by atoms with Gasteiger partial charge < -0.3 is 43.0 Å². The third-order valence-electron chi connectivity index (χ3n) is 11.1. The van der Waals surface area contributed by atoms with Crippen LogP contribution in [0.15, 0.2) is 91.6 Å². The number of rotatable bonds is 12. The van der Waals surface area contributed by atoms with E-state index in [0.29, 0.717) is 35.2 Å². The quantitative estimate of drug-likeness (QED) is 0.158. The molecule has 1 saturated heterocycles. The summed E-state index contributed by atoms with van der Waals surface area (Å²) >= 11 is 6.67.